The van der Waals surface area contributed by atoms with Crippen LogP contribution in [0.4, 0.5) is 10.5 Å². The Morgan fingerprint density at radius 1 is 1.26 bits per heavy atom. The molecule has 31 heavy (non-hydrogen) atoms. The van der Waals surface area contributed by atoms with Crippen molar-refractivity contribution in [1.29, 1.82) is 0 Å². The van der Waals surface area contributed by atoms with E-state index in [0.717, 1.165) is 12.8 Å². The van der Waals surface area contributed by atoms with Crippen LogP contribution in [0.2, 0.25) is 0 Å². The van der Waals surface area contributed by atoms with Gasteiger partial charge in [0.2, 0.25) is 17.4 Å². The number of hydrogen-bond donors (Lipinski definition) is 2. The van der Waals surface area contributed by atoms with E-state index in [1.165, 1.54) is 0 Å². The molecule has 2 aromatic heterocycles. The maximum absolute atomic E-state index is 13.0. The fourth-order valence-corrected chi connectivity index (χ4v) is 4.21. The number of piperidine rings is 1. The molecule has 0 unspecified atom stereocenters. The number of hydrogen-bond acceptors (Lipinski definition) is 6. The van der Waals surface area contributed by atoms with Crippen molar-refractivity contribution in [2.75, 3.05) is 38.2 Å². The van der Waals surface area contributed by atoms with Crippen molar-refractivity contribution in [3.05, 3.63) is 23.6 Å². The van der Waals surface area contributed by atoms with Crippen molar-refractivity contribution in [1.82, 2.24) is 14.8 Å². The lowest BCUT2D eigenvalue weighted by atomic mass is 9.96. The highest BCUT2D eigenvalue weighted by atomic mass is 16.5. The fraction of sp³-hybridized carbons (Fsp3) is 0.524. The first-order chi connectivity index (χ1) is 14.8. The minimum absolute atomic E-state index is 0.0248. The normalized spacial score (nSPS) is 21.9. The van der Waals surface area contributed by atoms with Crippen LogP contribution in [0.1, 0.15) is 36.0 Å². The van der Waals surface area contributed by atoms with Gasteiger partial charge in [-0.1, -0.05) is 0 Å². The zero-order valence-electron chi connectivity index (χ0n) is 17.7. The number of aromatic nitrogens is 1. The number of nitrogens with two attached hydrogens (primary N) is 1. The van der Waals surface area contributed by atoms with E-state index >= 15 is 0 Å². The molecule has 3 N–H and O–H groups in total. The number of morpholine rings is 1. The van der Waals surface area contributed by atoms with Crippen LogP contribution in [0.15, 0.2) is 16.5 Å². The second-order valence-electron chi connectivity index (χ2n) is 8.15. The van der Waals surface area contributed by atoms with Crippen molar-refractivity contribution >= 4 is 34.6 Å². The number of rotatable bonds is 3. The summed E-state index contributed by atoms with van der Waals surface area (Å²) in [6.45, 7) is 6.22. The van der Waals surface area contributed by atoms with Gasteiger partial charge in [0.25, 0.3) is 5.91 Å². The Balaban J connectivity index is 1.50. The number of anilines is 1. The summed E-state index contributed by atoms with van der Waals surface area (Å²) in [5, 5.41) is 3.26. The topological polar surface area (TPSA) is 131 Å². The first-order valence-corrected chi connectivity index (χ1v) is 10.5. The summed E-state index contributed by atoms with van der Waals surface area (Å²) in [5.41, 5.74) is 6.59. The van der Waals surface area contributed by atoms with Crippen LogP contribution in [0.3, 0.4) is 0 Å². The van der Waals surface area contributed by atoms with Gasteiger partial charge < -0.3 is 30.0 Å². The molecule has 2 aromatic rings. The minimum Gasteiger partial charge on any atom is -0.430 e. The number of nitrogens with zero attached hydrogens (tertiary/aromatic N) is 3. The SMILES string of the molecule is Cc1ccc2c(NC(=O)N3CCC[C@@H](C(=O)N4CCOC[C@H]4C)C3)c(C(N)=O)oc2n1. The van der Waals surface area contributed by atoms with Crippen LogP contribution >= 0.6 is 0 Å². The van der Waals surface area contributed by atoms with Crippen LogP contribution in [0.5, 0.6) is 0 Å². The van der Waals surface area contributed by atoms with E-state index in [4.69, 9.17) is 14.9 Å². The van der Waals surface area contributed by atoms with Gasteiger partial charge in [-0.2, -0.15) is 0 Å². The largest absolute Gasteiger partial charge is 0.430 e. The quantitative estimate of drug-likeness (QED) is 0.764. The fourth-order valence-electron chi connectivity index (χ4n) is 4.21. The number of amides is 4. The smallest absolute Gasteiger partial charge is 0.321 e. The molecule has 166 valence electrons. The second kappa shape index (κ2) is 8.54. The second-order valence-corrected chi connectivity index (χ2v) is 8.15. The zero-order valence-corrected chi connectivity index (χ0v) is 17.7. The van der Waals surface area contributed by atoms with E-state index in [1.54, 1.807) is 24.0 Å². The number of nitrogens with one attached hydrogen (secondary N) is 1. The Hall–Kier alpha value is -3.14. The molecule has 4 amide bonds. The first kappa shape index (κ1) is 21.1. The highest BCUT2D eigenvalue weighted by Crippen LogP contribution is 2.31. The number of carbonyl (C=O) groups excluding carboxylic acids is 3. The maximum Gasteiger partial charge on any atom is 0.321 e. The van der Waals surface area contributed by atoms with Crippen LogP contribution in [0, 0.1) is 12.8 Å². The Morgan fingerprint density at radius 2 is 2.06 bits per heavy atom. The van der Waals surface area contributed by atoms with Gasteiger partial charge in [-0.3, -0.25) is 9.59 Å². The summed E-state index contributed by atoms with van der Waals surface area (Å²) in [6.07, 6.45) is 1.45. The molecule has 2 saturated heterocycles. The molecule has 10 nitrogen and oxygen atoms in total. The lowest BCUT2D eigenvalue weighted by molar-refractivity contribution is -0.144. The average Bonchev–Trinajstić information content (AvgIpc) is 3.11. The molecule has 0 bridgehead atoms. The van der Waals surface area contributed by atoms with Crippen LogP contribution in [-0.2, 0) is 9.53 Å². The van der Waals surface area contributed by atoms with E-state index in [0.29, 0.717) is 43.9 Å². The zero-order chi connectivity index (χ0) is 22.1. The van der Waals surface area contributed by atoms with Gasteiger partial charge in [0.15, 0.2) is 0 Å². The molecular weight excluding hydrogens is 402 g/mol. The number of furan rings is 1. The molecule has 0 radical (unpaired) electrons. The summed E-state index contributed by atoms with van der Waals surface area (Å²) in [4.78, 5) is 45.6. The predicted molar refractivity (Wildman–Crippen MR) is 113 cm³/mol. The lowest BCUT2D eigenvalue weighted by Crippen LogP contribution is -2.53. The summed E-state index contributed by atoms with van der Waals surface area (Å²) in [7, 11) is 0. The van der Waals surface area contributed by atoms with E-state index in [-0.39, 0.29) is 35.0 Å². The van der Waals surface area contributed by atoms with Crippen LogP contribution in [-0.4, -0.2) is 71.5 Å². The third-order valence-electron chi connectivity index (χ3n) is 5.86. The van der Waals surface area contributed by atoms with E-state index < -0.39 is 11.9 Å². The van der Waals surface area contributed by atoms with Crippen molar-refractivity contribution in [3.8, 4) is 0 Å². The number of carbonyl (C=O) groups is 3. The van der Waals surface area contributed by atoms with Crippen molar-refractivity contribution < 1.29 is 23.5 Å². The number of ether oxygens (including phenoxy) is 1. The van der Waals surface area contributed by atoms with Gasteiger partial charge in [0, 0.05) is 25.3 Å². The van der Waals surface area contributed by atoms with Gasteiger partial charge in [-0.05, 0) is 38.8 Å². The van der Waals surface area contributed by atoms with E-state index in [1.807, 2.05) is 11.8 Å². The number of likely N-dealkylation sites (tertiary alicyclic amines) is 1. The Morgan fingerprint density at radius 3 is 2.81 bits per heavy atom. The molecule has 4 heterocycles. The molecular formula is C21H27N5O5. The number of primary amides is 1. The third kappa shape index (κ3) is 4.20. The molecule has 2 aliphatic heterocycles. The number of fused-ring (bicyclic) bond motifs is 1. The molecule has 2 fully saturated rings. The predicted octanol–water partition coefficient (Wildman–Crippen LogP) is 1.73. The first-order valence-electron chi connectivity index (χ1n) is 10.5. The molecule has 0 spiro atoms. The summed E-state index contributed by atoms with van der Waals surface area (Å²) >= 11 is 0. The number of aryl methyl sites for hydroxylation is 1. The van der Waals surface area contributed by atoms with Gasteiger partial charge in [-0.25, -0.2) is 9.78 Å². The van der Waals surface area contributed by atoms with Crippen molar-refractivity contribution in [3.63, 3.8) is 0 Å². The van der Waals surface area contributed by atoms with Gasteiger partial charge in [0.05, 0.1) is 30.6 Å². The Kier molecular flexibility index (Phi) is 5.81. The van der Waals surface area contributed by atoms with E-state index in [9.17, 15) is 14.4 Å². The average molecular weight is 429 g/mol. The third-order valence-corrected chi connectivity index (χ3v) is 5.86. The van der Waals surface area contributed by atoms with Crippen LogP contribution in [0.25, 0.3) is 11.1 Å². The molecule has 10 heteroatoms. The molecule has 2 aliphatic rings. The molecule has 4 rings (SSSR count). The van der Waals surface area contributed by atoms with Gasteiger partial charge >= 0.3 is 6.03 Å². The summed E-state index contributed by atoms with van der Waals surface area (Å²) < 4.78 is 10.9. The molecule has 0 saturated carbocycles. The summed E-state index contributed by atoms with van der Waals surface area (Å²) in [5.74, 6) is -1.15. The Labute approximate surface area is 179 Å². The van der Waals surface area contributed by atoms with E-state index in [2.05, 4.69) is 10.3 Å². The van der Waals surface area contributed by atoms with Crippen molar-refractivity contribution in [2.45, 2.75) is 32.7 Å². The van der Waals surface area contributed by atoms with Crippen molar-refractivity contribution in [2.24, 2.45) is 11.7 Å². The lowest BCUT2D eigenvalue weighted by Gasteiger charge is -2.39. The monoisotopic (exact) mass is 429 g/mol. The van der Waals surface area contributed by atoms with Gasteiger partial charge in [-0.15, -0.1) is 0 Å². The minimum atomic E-state index is -0.793. The Bertz CT molecular complexity index is 1020. The highest BCUT2D eigenvalue weighted by molar-refractivity contribution is 6.09. The van der Waals surface area contributed by atoms with Gasteiger partial charge in [0.1, 0.15) is 5.69 Å². The highest BCUT2D eigenvalue weighted by Gasteiger charge is 2.34. The standard InChI is InChI=1S/C21H27N5O5/c1-12-5-6-15-16(17(18(22)27)31-19(15)23-12)24-21(29)25-7-3-4-14(10-25)20(28)26-8-9-30-11-13(26)2/h5-6,13-14H,3-4,7-11H2,1-2H3,(H2,22,27)(H,24,29)/t13-,14-/m1/s1. The molecule has 0 aliphatic carbocycles. The van der Waals surface area contributed by atoms with Crippen LogP contribution < -0.4 is 11.1 Å². The maximum atomic E-state index is 13.0. The number of pyridine rings is 1. The number of urea groups is 1. The summed E-state index contributed by atoms with van der Waals surface area (Å²) in [6, 6.07) is 3.11. The molecule has 2 atom stereocenters. The molecule has 0 aromatic carbocycles.